The summed E-state index contributed by atoms with van der Waals surface area (Å²) in [5, 5.41) is 11.7. The van der Waals surface area contributed by atoms with Gasteiger partial charge in [-0.1, -0.05) is 42.6 Å². The van der Waals surface area contributed by atoms with Gasteiger partial charge in [-0.2, -0.15) is 0 Å². The number of halogens is 2. The summed E-state index contributed by atoms with van der Waals surface area (Å²) in [6.07, 6.45) is 2.16. The molecule has 1 N–H and O–H groups in total. The molecule has 0 fully saturated rings. The Morgan fingerprint density at radius 1 is 1.29 bits per heavy atom. The van der Waals surface area contributed by atoms with E-state index in [0.29, 0.717) is 10.2 Å². The number of aryl methyl sites for hydroxylation is 1. The molecule has 0 radical (unpaired) electrons. The maximum Gasteiger partial charge on any atom is 0.115 e. The van der Waals surface area contributed by atoms with Gasteiger partial charge in [0.2, 0.25) is 0 Å². The lowest BCUT2D eigenvalue weighted by Crippen LogP contribution is -1.97. The van der Waals surface area contributed by atoms with E-state index in [1.807, 2.05) is 22.8 Å². The molecule has 2 aromatic rings. The Morgan fingerprint density at radius 3 is 2.71 bits per heavy atom. The topological polar surface area (TPSA) is 25.2 Å². The standard InChI is InChI=1S/C13H15Cl2NO/c1-2-3-6-16-12-7-9(14)4-5-10(12)11(8-17)13(16)15/h4-5,7,17H,2-3,6,8H2,1H3. The Kier molecular flexibility index (Phi) is 3.97. The highest BCUT2D eigenvalue weighted by atomic mass is 35.5. The molecular weight excluding hydrogens is 257 g/mol. The van der Waals surface area contributed by atoms with Gasteiger partial charge in [0.25, 0.3) is 0 Å². The first kappa shape index (κ1) is 12.7. The van der Waals surface area contributed by atoms with E-state index in [1.54, 1.807) is 0 Å². The van der Waals surface area contributed by atoms with Crippen LogP contribution in [0.5, 0.6) is 0 Å². The van der Waals surface area contributed by atoms with E-state index in [0.717, 1.165) is 35.9 Å². The summed E-state index contributed by atoms with van der Waals surface area (Å²) in [6.45, 7) is 2.95. The number of aromatic nitrogens is 1. The van der Waals surface area contributed by atoms with Crippen LogP contribution in [-0.2, 0) is 13.2 Å². The molecule has 0 bridgehead atoms. The van der Waals surface area contributed by atoms with E-state index in [9.17, 15) is 5.11 Å². The Labute approximate surface area is 111 Å². The van der Waals surface area contributed by atoms with Crippen molar-refractivity contribution < 1.29 is 5.11 Å². The van der Waals surface area contributed by atoms with E-state index in [4.69, 9.17) is 23.2 Å². The number of fused-ring (bicyclic) bond motifs is 1. The molecular formula is C13H15Cl2NO. The van der Waals surface area contributed by atoms with Gasteiger partial charge in [0.15, 0.2) is 0 Å². The quantitative estimate of drug-likeness (QED) is 0.884. The lowest BCUT2D eigenvalue weighted by molar-refractivity contribution is 0.283. The molecule has 1 aromatic heterocycles. The molecule has 0 aliphatic heterocycles. The number of benzene rings is 1. The third-order valence-electron chi connectivity index (χ3n) is 2.96. The van der Waals surface area contributed by atoms with E-state index < -0.39 is 0 Å². The SMILES string of the molecule is CCCCn1c(Cl)c(CO)c2ccc(Cl)cc21. The number of hydrogen-bond acceptors (Lipinski definition) is 1. The molecule has 92 valence electrons. The van der Waals surface area contributed by atoms with Gasteiger partial charge >= 0.3 is 0 Å². The highest BCUT2D eigenvalue weighted by Crippen LogP contribution is 2.32. The van der Waals surface area contributed by atoms with Crippen molar-refractivity contribution in [3.8, 4) is 0 Å². The van der Waals surface area contributed by atoms with E-state index in [-0.39, 0.29) is 6.61 Å². The van der Waals surface area contributed by atoms with Crippen LogP contribution in [0.1, 0.15) is 25.3 Å². The summed E-state index contributed by atoms with van der Waals surface area (Å²) in [6, 6.07) is 5.64. The van der Waals surface area contributed by atoms with Gasteiger partial charge < -0.3 is 9.67 Å². The number of hydrogen-bond donors (Lipinski definition) is 1. The fourth-order valence-corrected chi connectivity index (χ4v) is 2.55. The van der Waals surface area contributed by atoms with Crippen LogP contribution >= 0.6 is 23.2 Å². The Morgan fingerprint density at radius 2 is 2.06 bits per heavy atom. The molecule has 0 aliphatic rings. The summed E-state index contributed by atoms with van der Waals surface area (Å²) in [5.41, 5.74) is 1.79. The van der Waals surface area contributed by atoms with Crippen molar-refractivity contribution in [2.24, 2.45) is 0 Å². The summed E-state index contributed by atoms with van der Waals surface area (Å²) >= 11 is 12.3. The van der Waals surface area contributed by atoms with Crippen LogP contribution in [0, 0.1) is 0 Å². The van der Waals surface area contributed by atoms with Gasteiger partial charge in [-0.05, 0) is 18.6 Å². The van der Waals surface area contributed by atoms with E-state index in [2.05, 4.69) is 6.92 Å². The first-order valence-corrected chi connectivity index (χ1v) is 6.51. The van der Waals surface area contributed by atoms with Crippen molar-refractivity contribution in [2.45, 2.75) is 32.9 Å². The second-order valence-corrected chi connectivity index (χ2v) is 4.89. The summed E-state index contributed by atoms with van der Waals surface area (Å²) < 4.78 is 2.03. The van der Waals surface area contributed by atoms with Gasteiger partial charge in [-0.3, -0.25) is 0 Å². The largest absolute Gasteiger partial charge is 0.392 e. The van der Waals surface area contributed by atoms with Gasteiger partial charge in [-0.25, -0.2) is 0 Å². The minimum absolute atomic E-state index is 0.0455. The number of aliphatic hydroxyl groups is 1. The minimum Gasteiger partial charge on any atom is -0.392 e. The normalized spacial score (nSPS) is 11.3. The lowest BCUT2D eigenvalue weighted by atomic mass is 10.2. The van der Waals surface area contributed by atoms with Crippen LogP contribution in [0.3, 0.4) is 0 Å². The minimum atomic E-state index is -0.0455. The van der Waals surface area contributed by atoms with Gasteiger partial charge in [0.05, 0.1) is 12.1 Å². The zero-order chi connectivity index (χ0) is 12.4. The number of nitrogens with zero attached hydrogens (tertiary/aromatic N) is 1. The van der Waals surface area contributed by atoms with Gasteiger partial charge in [-0.15, -0.1) is 0 Å². The number of aliphatic hydroxyl groups excluding tert-OH is 1. The van der Waals surface area contributed by atoms with Crippen LogP contribution in [-0.4, -0.2) is 9.67 Å². The monoisotopic (exact) mass is 271 g/mol. The van der Waals surface area contributed by atoms with Crippen molar-refractivity contribution in [3.05, 3.63) is 33.9 Å². The van der Waals surface area contributed by atoms with E-state index >= 15 is 0 Å². The summed E-state index contributed by atoms with van der Waals surface area (Å²) in [7, 11) is 0. The molecule has 2 nitrogen and oxygen atoms in total. The highest BCUT2D eigenvalue weighted by molar-refractivity contribution is 6.33. The van der Waals surface area contributed by atoms with Crippen molar-refractivity contribution >= 4 is 34.1 Å². The molecule has 0 unspecified atom stereocenters. The molecule has 1 heterocycles. The van der Waals surface area contributed by atoms with Crippen LogP contribution in [0.25, 0.3) is 10.9 Å². The van der Waals surface area contributed by atoms with E-state index in [1.165, 1.54) is 0 Å². The van der Waals surface area contributed by atoms with Gasteiger partial charge in [0, 0.05) is 22.5 Å². The molecule has 0 spiro atoms. The van der Waals surface area contributed by atoms with Crippen molar-refractivity contribution in [2.75, 3.05) is 0 Å². The van der Waals surface area contributed by atoms with Crippen molar-refractivity contribution in [1.29, 1.82) is 0 Å². The predicted molar refractivity (Wildman–Crippen MR) is 72.8 cm³/mol. The number of unbranched alkanes of at least 4 members (excludes halogenated alkanes) is 1. The van der Waals surface area contributed by atoms with Crippen LogP contribution < -0.4 is 0 Å². The van der Waals surface area contributed by atoms with Gasteiger partial charge in [0.1, 0.15) is 5.15 Å². The van der Waals surface area contributed by atoms with Crippen LogP contribution in [0.4, 0.5) is 0 Å². The Hall–Kier alpha value is -0.700. The summed E-state index contributed by atoms with van der Waals surface area (Å²) in [4.78, 5) is 0. The first-order chi connectivity index (χ1) is 8.19. The molecule has 0 aliphatic carbocycles. The highest BCUT2D eigenvalue weighted by Gasteiger charge is 2.14. The Bertz CT molecular complexity index is 534. The molecule has 1 aromatic carbocycles. The third-order valence-corrected chi connectivity index (χ3v) is 3.62. The number of rotatable bonds is 4. The zero-order valence-corrected chi connectivity index (χ0v) is 11.2. The second-order valence-electron chi connectivity index (χ2n) is 4.09. The molecule has 4 heteroatoms. The molecule has 2 rings (SSSR count). The maximum absolute atomic E-state index is 9.39. The lowest BCUT2D eigenvalue weighted by Gasteiger charge is -2.06. The molecule has 0 atom stereocenters. The third kappa shape index (κ3) is 2.30. The summed E-state index contributed by atoms with van der Waals surface area (Å²) in [5.74, 6) is 0. The van der Waals surface area contributed by atoms with Crippen LogP contribution in [0.2, 0.25) is 10.2 Å². The second kappa shape index (κ2) is 5.30. The molecule has 0 amide bonds. The molecule has 0 saturated carbocycles. The van der Waals surface area contributed by atoms with Crippen molar-refractivity contribution in [1.82, 2.24) is 4.57 Å². The fourth-order valence-electron chi connectivity index (χ4n) is 2.05. The molecule has 0 saturated heterocycles. The molecule has 17 heavy (non-hydrogen) atoms. The average molecular weight is 272 g/mol. The maximum atomic E-state index is 9.39. The predicted octanol–water partition coefficient (Wildman–Crippen LogP) is 4.24. The zero-order valence-electron chi connectivity index (χ0n) is 9.71. The van der Waals surface area contributed by atoms with Crippen molar-refractivity contribution in [3.63, 3.8) is 0 Å². The Balaban J connectivity index is 2.62. The van der Waals surface area contributed by atoms with Crippen LogP contribution in [0.15, 0.2) is 18.2 Å². The smallest absolute Gasteiger partial charge is 0.115 e. The fraction of sp³-hybridized carbons (Fsp3) is 0.385. The first-order valence-electron chi connectivity index (χ1n) is 5.76. The average Bonchev–Trinajstić information content (AvgIpc) is 2.58.